The summed E-state index contributed by atoms with van der Waals surface area (Å²) in [6, 6.07) is 17.7. The lowest BCUT2D eigenvalue weighted by Gasteiger charge is -2.13. The normalized spacial score (nSPS) is 11.9. The van der Waals surface area contributed by atoms with E-state index in [1.54, 1.807) is 0 Å². The van der Waals surface area contributed by atoms with Crippen molar-refractivity contribution in [2.24, 2.45) is 0 Å². The van der Waals surface area contributed by atoms with Crippen LogP contribution < -0.4 is 4.74 Å². The second-order valence-electron chi connectivity index (χ2n) is 4.21. The van der Waals surface area contributed by atoms with E-state index in [4.69, 9.17) is 16.3 Å². The molecule has 0 amide bonds. The summed E-state index contributed by atoms with van der Waals surface area (Å²) < 4.78 is 5.53. The van der Waals surface area contributed by atoms with Gasteiger partial charge in [0, 0.05) is 0 Å². The number of hydrogen-bond donors (Lipinski definition) is 0. The summed E-state index contributed by atoms with van der Waals surface area (Å²) in [5.74, 6) is 0.653. The predicted octanol–water partition coefficient (Wildman–Crippen LogP) is 4.28. The SMILES string of the molecule is CC[C@@H](Oc1ccc(-c2ccccc2)cc1)C(=O)Cl. The molecule has 2 aromatic rings. The Morgan fingerprint density at radius 1 is 1.05 bits per heavy atom. The smallest absolute Gasteiger partial charge is 0.262 e. The summed E-state index contributed by atoms with van der Waals surface area (Å²) in [6.45, 7) is 1.86. The van der Waals surface area contributed by atoms with Crippen LogP contribution in [0.1, 0.15) is 13.3 Å². The van der Waals surface area contributed by atoms with Crippen LogP contribution in [-0.2, 0) is 4.79 Å². The standard InChI is InChI=1S/C16H15ClO2/c1-2-15(16(17)18)19-14-10-8-13(9-11-14)12-6-4-3-5-7-12/h3-11,15H,2H2,1H3/t15-/m1/s1. The summed E-state index contributed by atoms with van der Waals surface area (Å²) in [6.07, 6.45) is -0.0211. The summed E-state index contributed by atoms with van der Waals surface area (Å²) >= 11 is 5.46. The molecule has 0 aliphatic rings. The molecule has 0 unspecified atom stereocenters. The fraction of sp³-hybridized carbons (Fsp3) is 0.188. The van der Waals surface area contributed by atoms with Gasteiger partial charge in [0.1, 0.15) is 5.75 Å². The Labute approximate surface area is 118 Å². The first kappa shape index (κ1) is 13.6. The van der Waals surface area contributed by atoms with Crippen molar-refractivity contribution in [1.82, 2.24) is 0 Å². The van der Waals surface area contributed by atoms with Gasteiger partial charge in [-0.2, -0.15) is 0 Å². The third kappa shape index (κ3) is 3.58. The summed E-state index contributed by atoms with van der Waals surface area (Å²) in [4.78, 5) is 11.1. The van der Waals surface area contributed by atoms with Crippen molar-refractivity contribution in [3.05, 3.63) is 54.6 Å². The van der Waals surface area contributed by atoms with E-state index in [-0.39, 0.29) is 0 Å². The molecule has 2 rings (SSSR count). The van der Waals surface area contributed by atoms with E-state index < -0.39 is 11.3 Å². The van der Waals surface area contributed by atoms with E-state index in [2.05, 4.69) is 0 Å². The number of ether oxygens (including phenoxy) is 1. The quantitative estimate of drug-likeness (QED) is 0.761. The lowest BCUT2D eigenvalue weighted by Crippen LogP contribution is -2.22. The van der Waals surface area contributed by atoms with Crippen LogP contribution in [-0.4, -0.2) is 11.3 Å². The maximum Gasteiger partial charge on any atom is 0.262 e. The maximum absolute atomic E-state index is 11.1. The molecule has 0 fully saturated rings. The van der Waals surface area contributed by atoms with Crippen molar-refractivity contribution in [1.29, 1.82) is 0 Å². The van der Waals surface area contributed by atoms with Gasteiger partial charge in [-0.3, -0.25) is 4.79 Å². The molecule has 2 nitrogen and oxygen atoms in total. The van der Waals surface area contributed by atoms with E-state index in [9.17, 15) is 4.79 Å². The van der Waals surface area contributed by atoms with Gasteiger partial charge in [0.05, 0.1) is 0 Å². The van der Waals surface area contributed by atoms with Crippen molar-refractivity contribution in [2.45, 2.75) is 19.4 Å². The van der Waals surface area contributed by atoms with Gasteiger partial charge in [-0.05, 0) is 41.3 Å². The molecule has 1 atom stereocenters. The third-order valence-electron chi connectivity index (χ3n) is 2.86. The van der Waals surface area contributed by atoms with Crippen LogP contribution in [0.25, 0.3) is 11.1 Å². The largest absolute Gasteiger partial charge is 0.481 e. The molecule has 0 heterocycles. The van der Waals surface area contributed by atoms with Gasteiger partial charge in [-0.25, -0.2) is 0 Å². The fourth-order valence-electron chi connectivity index (χ4n) is 1.81. The average molecular weight is 275 g/mol. The van der Waals surface area contributed by atoms with Gasteiger partial charge in [-0.1, -0.05) is 49.4 Å². The second kappa shape index (κ2) is 6.39. The minimum absolute atomic E-state index is 0.463. The first-order valence-electron chi connectivity index (χ1n) is 6.22. The molecular weight excluding hydrogens is 260 g/mol. The molecule has 0 radical (unpaired) electrons. The molecular formula is C16H15ClO2. The van der Waals surface area contributed by atoms with Gasteiger partial charge in [0.15, 0.2) is 6.10 Å². The Hall–Kier alpha value is -1.80. The Morgan fingerprint density at radius 3 is 2.16 bits per heavy atom. The Balaban J connectivity index is 2.13. The molecule has 0 aliphatic heterocycles. The molecule has 0 aromatic heterocycles. The van der Waals surface area contributed by atoms with Crippen LogP contribution in [0.3, 0.4) is 0 Å². The Morgan fingerprint density at radius 2 is 1.63 bits per heavy atom. The highest BCUT2D eigenvalue weighted by atomic mass is 35.5. The number of carbonyl (C=O) groups is 1. The van der Waals surface area contributed by atoms with Gasteiger partial charge in [-0.15, -0.1) is 0 Å². The van der Waals surface area contributed by atoms with Crippen molar-refractivity contribution in [3.8, 4) is 16.9 Å². The lowest BCUT2D eigenvalue weighted by atomic mass is 10.1. The molecule has 2 aromatic carbocycles. The molecule has 98 valence electrons. The third-order valence-corrected chi connectivity index (χ3v) is 3.11. The van der Waals surface area contributed by atoms with E-state index in [0.717, 1.165) is 11.1 Å². The molecule has 0 aliphatic carbocycles. The zero-order valence-corrected chi connectivity index (χ0v) is 11.4. The minimum Gasteiger partial charge on any atom is -0.481 e. The van der Waals surface area contributed by atoms with Crippen molar-refractivity contribution in [3.63, 3.8) is 0 Å². The van der Waals surface area contributed by atoms with E-state index in [0.29, 0.717) is 12.2 Å². The van der Waals surface area contributed by atoms with Crippen LogP contribution in [0.2, 0.25) is 0 Å². The fourth-order valence-corrected chi connectivity index (χ4v) is 2.01. The van der Waals surface area contributed by atoms with Gasteiger partial charge < -0.3 is 4.74 Å². The summed E-state index contributed by atoms with van der Waals surface area (Å²) in [5, 5.41) is -0.463. The molecule has 19 heavy (non-hydrogen) atoms. The molecule has 0 saturated carbocycles. The number of rotatable bonds is 5. The highest BCUT2D eigenvalue weighted by Gasteiger charge is 2.15. The average Bonchev–Trinajstić information content (AvgIpc) is 2.46. The van der Waals surface area contributed by atoms with Crippen molar-refractivity contribution >= 4 is 16.8 Å². The van der Waals surface area contributed by atoms with Gasteiger partial charge in [0.2, 0.25) is 0 Å². The number of hydrogen-bond acceptors (Lipinski definition) is 2. The first-order chi connectivity index (χ1) is 9.20. The highest BCUT2D eigenvalue weighted by molar-refractivity contribution is 6.64. The lowest BCUT2D eigenvalue weighted by molar-refractivity contribution is -0.117. The molecule has 0 N–H and O–H groups in total. The molecule has 0 saturated heterocycles. The zero-order valence-electron chi connectivity index (χ0n) is 10.7. The molecule has 0 bridgehead atoms. The van der Waals surface area contributed by atoms with Crippen molar-refractivity contribution < 1.29 is 9.53 Å². The van der Waals surface area contributed by atoms with Crippen LogP contribution in [0, 0.1) is 0 Å². The monoisotopic (exact) mass is 274 g/mol. The number of benzene rings is 2. The maximum atomic E-state index is 11.1. The Bertz CT molecular complexity index is 534. The van der Waals surface area contributed by atoms with Crippen LogP contribution in [0.4, 0.5) is 0 Å². The number of halogens is 1. The van der Waals surface area contributed by atoms with Gasteiger partial charge in [0.25, 0.3) is 5.24 Å². The molecule has 3 heteroatoms. The first-order valence-corrected chi connectivity index (χ1v) is 6.60. The number of carbonyl (C=O) groups excluding carboxylic acids is 1. The van der Waals surface area contributed by atoms with E-state index in [1.807, 2.05) is 61.5 Å². The van der Waals surface area contributed by atoms with E-state index in [1.165, 1.54) is 0 Å². The van der Waals surface area contributed by atoms with Gasteiger partial charge >= 0.3 is 0 Å². The second-order valence-corrected chi connectivity index (χ2v) is 4.58. The van der Waals surface area contributed by atoms with Crippen LogP contribution in [0.5, 0.6) is 5.75 Å². The van der Waals surface area contributed by atoms with E-state index >= 15 is 0 Å². The summed E-state index contributed by atoms with van der Waals surface area (Å²) in [7, 11) is 0. The minimum atomic E-state index is -0.579. The van der Waals surface area contributed by atoms with Crippen molar-refractivity contribution in [2.75, 3.05) is 0 Å². The van der Waals surface area contributed by atoms with Crippen LogP contribution >= 0.6 is 11.6 Å². The molecule has 0 spiro atoms. The summed E-state index contributed by atoms with van der Waals surface area (Å²) in [5.41, 5.74) is 2.26. The Kier molecular flexibility index (Phi) is 4.58. The van der Waals surface area contributed by atoms with Crippen LogP contribution in [0.15, 0.2) is 54.6 Å². The zero-order chi connectivity index (χ0) is 13.7. The predicted molar refractivity (Wildman–Crippen MR) is 77.4 cm³/mol. The topological polar surface area (TPSA) is 26.3 Å². The highest BCUT2D eigenvalue weighted by Crippen LogP contribution is 2.23.